The van der Waals surface area contributed by atoms with Crippen LogP contribution in [0.2, 0.25) is 12.1 Å². The van der Waals surface area contributed by atoms with E-state index in [9.17, 15) is 14.4 Å². The molecule has 0 spiro atoms. The summed E-state index contributed by atoms with van der Waals surface area (Å²) in [6.07, 6.45) is -0.0652. The van der Waals surface area contributed by atoms with E-state index < -0.39 is 33.0 Å². The van der Waals surface area contributed by atoms with Crippen molar-refractivity contribution in [2.75, 3.05) is 0 Å². The van der Waals surface area contributed by atoms with Crippen LogP contribution in [0.4, 0.5) is 0 Å². The highest BCUT2D eigenvalue weighted by molar-refractivity contribution is 6.53. The van der Waals surface area contributed by atoms with Crippen LogP contribution in [0.3, 0.4) is 0 Å². The number of rotatable bonds is 10. The Morgan fingerprint density at radius 1 is 1.29 bits per heavy atom. The second kappa shape index (κ2) is 10.1. The molecule has 21 heavy (non-hydrogen) atoms. The normalized spacial score (nSPS) is 11.8. The van der Waals surface area contributed by atoms with Crippen molar-refractivity contribution in [2.24, 2.45) is 0 Å². The van der Waals surface area contributed by atoms with Crippen molar-refractivity contribution in [3.8, 4) is 0 Å². The Hall–Kier alpha value is -1.67. The highest BCUT2D eigenvalue weighted by Gasteiger charge is 2.22. The lowest BCUT2D eigenvalue weighted by Gasteiger charge is -2.15. The van der Waals surface area contributed by atoms with Gasteiger partial charge in [-0.25, -0.2) is 4.79 Å². The van der Waals surface area contributed by atoms with Crippen LogP contribution in [-0.4, -0.2) is 38.1 Å². The first-order valence-corrected chi connectivity index (χ1v) is 8.96. The van der Waals surface area contributed by atoms with Crippen molar-refractivity contribution in [1.82, 2.24) is 5.48 Å². The number of hydroxylamine groups is 1. The zero-order valence-electron chi connectivity index (χ0n) is 12.7. The number of nitrogens with one attached hydrogen (secondary N) is 1. The van der Waals surface area contributed by atoms with Crippen LogP contribution in [0.5, 0.6) is 0 Å². The lowest BCUT2D eigenvalue weighted by atomic mass is 10.2. The maximum Gasteiger partial charge on any atom is 0.351 e. The second-order valence-electron chi connectivity index (χ2n) is 4.65. The van der Waals surface area contributed by atoms with Crippen molar-refractivity contribution in [2.45, 2.75) is 51.7 Å². The number of carbonyl (C=O) groups excluding carboxylic acids is 2. The van der Waals surface area contributed by atoms with Gasteiger partial charge >= 0.3 is 11.9 Å². The van der Waals surface area contributed by atoms with E-state index in [0.29, 0.717) is 0 Å². The maximum absolute atomic E-state index is 11.6. The summed E-state index contributed by atoms with van der Waals surface area (Å²) in [7, 11) is -1.50. The highest BCUT2D eigenvalue weighted by atomic mass is 28.3. The molecular formula is C13H23NO6Si. The van der Waals surface area contributed by atoms with E-state index in [1.54, 1.807) is 0 Å². The first-order valence-electron chi connectivity index (χ1n) is 6.86. The quantitative estimate of drug-likeness (QED) is 0.354. The Kier molecular flexibility index (Phi) is 9.31. The van der Waals surface area contributed by atoms with Gasteiger partial charge < -0.3 is 14.4 Å². The average Bonchev–Trinajstić information content (AvgIpc) is 2.43. The van der Waals surface area contributed by atoms with Gasteiger partial charge in [0, 0.05) is 12.0 Å². The van der Waals surface area contributed by atoms with Crippen LogP contribution >= 0.6 is 0 Å². The van der Waals surface area contributed by atoms with Crippen LogP contribution < -0.4 is 5.48 Å². The van der Waals surface area contributed by atoms with Gasteiger partial charge in [0.25, 0.3) is 5.97 Å². The Morgan fingerprint density at radius 3 is 2.29 bits per heavy atom. The Morgan fingerprint density at radius 2 is 1.86 bits per heavy atom. The van der Waals surface area contributed by atoms with Crippen LogP contribution in [0.25, 0.3) is 0 Å². The standard InChI is InChI=1S/C13H23NO6Si/c1-5-21(6-2)20-11(15)8-7-10(12(16)17)14-19-13(18)9(3)4/h10,14,21H,3,5-8H2,1-2,4H3,(H,16,17)/t10-/m0/s1. The van der Waals surface area contributed by atoms with Crippen molar-refractivity contribution in [1.29, 1.82) is 0 Å². The van der Waals surface area contributed by atoms with Crippen molar-refractivity contribution in [3.05, 3.63) is 12.2 Å². The number of hydrogen-bond donors (Lipinski definition) is 2. The molecule has 1 atom stereocenters. The summed E-state index contributed by atoms with van der Waals surface area (Å²) in [6, 6.07) is 0.530. The fourth-order valence-corrected chi connectivity index (χ4v) is 2.81. The lowest BCUT2D eigenvalue weighted by molar-refractivity contribution is -0.154. The van der Waals surface area contributed by atoms with E-state index in [1.165, 1.54) is 6.92 Å². The summed E-state index contributed by atoms with van der Waals surface area (Å²) in [5.41, 5.74) is 2.27. The zero-order valence-corrected chi connectivity index (χ0v) is 13.8. The number of aliphatic carboxylic acids is 1. The van der Waals surface area contributed by atoms with Gasteiger partial charge in [-0.2, -0.15) is 0 Å². The Balaban J connectivity index is 4.27. The van der Waals surface area contributed by atoms with Crippen LogP contribution in [0, 0.1) is 0 Å². The SMILES string of the molecule is C=C(C)C(=O)ON[C@@H](CCC(=O)O[SiH](CC)CC)C(=O)O. The van der Waals surface area contributed by atoms with E-state index in [0.717, 1.165) is 12.1 Å². The third-order valence-electron chi connectivity index (χ3n) is 2.79. The first kappa shape index (κ1) is 19.3. The smallest absolute Gasteiger partial charge is 0.351 e. The van der Waals surface area contributed by atoms with Gasteiger partial charge in [0.1, 0.15) is 6.04 Å². The van der Waals surface area contributed by atoms with Crippen LogP contribution in [0.1, 0.15) is 33.6 Å². The van der Waals surface area contributed by atoms with Gasteiger partial charge in [-0.05, 0) is 25.4 Å². The van der Waals surface area contributed by atoms with Gasteiger partial charge in [0.05, 0.1) is 0 Å². The van der Waals surface area contributed by atoms with Crippen molar-refractivity contribution < 1.29 is 28.8 Å². The molecule has 0 aromatic rings. The Labute approximate surface area is 126 Å². The minimum Gasteiger partial charge on any atom is -0.522 e. The summed E-state index contributed by atoms with van der Waals surface area (Å²) in [6.45, 7) is 8.74. The third-order valence-corrected chi connectivity index (χ3v) is 5.20. The molecule has 0 saturated heterocycles. The molecule has 0 radical (unpaired) electrons. The molecule has 0 amide bonds. The Bertz CT molecular complexity index is 394. The molecule has 0 unspecified atom stereocenters. The summed E-state index contributed by atoms with van der Waals surface area (Å²) < 4.78 is 5.30. The molecule has 0 rings (SSSR count). The largest absolute Gasteiger partial charge is 0.522 e. The first-order chi connectivity index (χ1) is 9.81. The van der Waals surface area contributed by atoms with Gasteiger partial charge in [0.2, 0.25) is 9.04 Å². The average molecular weight is 317 g/mol. The summed E-state index contributed by atoms with van der Waals surface area (Å²) in [5, 5.41) is 8.99. The molecule has 0 fully saturated rings. The van der Waals surface area contributed by atoms with Crippen molar-refractivity contribution >= 4 is 26.9 Å². The minimum absolute atomic E-state index is 0.0216. The van der Waals surface area contributed by atoms with Crippen molar-refractivity contribution in [3.63, 3.8) is 0 Å². The molecule has 0 heterocycles. The predicted octanol–water partition coefficient (Wildman–Crippen LogP) is 1.15. The fourth-order valence-electron chi connectivity index (χ4n) is 1.41. The summed E-state index contributed by atoms with van der Waals surface area (Å²) in [5.74, 6) is -2.36. The number of carboxylic acids is 1. The molecule has 120 valence electrons. The van der Waals surface area contributed by atoms with Gasteiger partial charge in [-0.1, -0.05) is 20.4 Å². The molecule has 2 N–H and O–H groups in total. The molecular weight excluding hydrogens is 294 g/mol. The van der Waals surface area contributed by atoms with Crippen LogP contribution in [0.15, 0.2) is 12.2 Å². The number of carbonyl (C=O) groups is 3. The van der Waals surface area contributed by atoms with Crippen LogP contribution in [-0.2, 0) is 23.6 Å². The molecule has 0 aliphatic heterocycles. The highest BCUT2D eigenvalue weighted by Crippen LogP contribution is 2.06. The molecule has 8 heteroatoms. The third kappa shape index (κ3) is 8.26. The van der Waals surface area contributed by atoms with E-state index in [-0.39, 0.29) is 18.4 Å². The zero-order chi connectivity index (χ0) is 16.4. The van der Waals surface area contributed by atoms with E-state index in [4.69, 9.17) is 9.53 Å². The second-order valence-corrected chi connectivity index (χ2v) is 7.76. The van der Waals surface area contributed by atoms with E-state index in [2.05, 4.69) is 16.9 Å². The summed E-state index contributed by atoms with van der Waals surface area (Å²) in [4.78, 5) is 38.4. The maximum atomic E-state index is 11.6. The summed E-state index contributed by atoms with van der Waals surface area (Å²) >= 11 is 0. The molecule has 7 nitrogen and oxygen atoms in total. The monoisotopic (exact) mass is 317 g/mol. The lowest BCUT2D eigenvalue weighted by Crippen LogP contribution is -2.39. The topological polar surface area (TPSA) is 102 Å². The molecule has 0 bridgehead atoms. The fraction of sp³-hybridized carbons (Fsp3) is 0.615. The number of carboxylic acid groups (broad SMARTS) is 1. The van der Waals surface area contributed by atoms with Gasteiger partial charge in [-0.3, -0.25) is 9.59 Å². The molecule has 0 aromatic carbocycles. The predicted molar refractivity (Wildman–Crippen MR) is 78.9 cm³/mol. The minimum atomic E-state index is -1.50. The molecule has 0 aliphatic rings. The molecule has 0 aliphatic carbocycles. The van der Waals surface area contributed by atoms with E-state index >= 15 is 0 Å². The number of hydrogen-bond acceptors (Lipinski definition) is 6. The van der Waals surface area contributed by atoms with Gasteiger partial charge in [0.15, 0.2) is 0 Å². The molecule has 0 saturated carbocycles. The molecule has 0 aromatic heterocycles. The van der Waals surface area contributed by atoms with Gasteiger partial charge in [-0.15, -0.1) is 5.48 Å². The van der Waals surface area contributed by atoms with E-state index in [1.807, 2.05) is 13.8 Å².